The zero-order chi connectivity index (χ0) is 31.7. The summed E-state index contributed by atoms with van der Waals surface area (Å²) in [6.07, 6.45) is -0.637. The van der Waals surface area contributed by atoms with Crippen molar-refractivity contribution < 1.29 is 19.3 Å². The molecule has 0 spiro atoms. The van der Waals surface area contributed by atoms with Gasteiger partial charge in [0.2, 0.25) is 0 Å². The van der Waals surface area contributed by atoms with Gasteiger partial charge < -0.3 is 19.3 Å². The Morgan fingerprint density at radius 3 is 1.72 bits per heavy atom. The Balaban J connectivity index is 1.30. The quantitative estimate of drug-likeness (QED) is 0.167. The van der Waals surface area contributed by atoms with Crippen LogP contribution in [-0.2, 0) is 16.6 Å². The van der Waals surface area contributed by atoms with Crippen molar-refractivity contribution in [2.45, 2.75) is 25.0 Å². The van der Waals surface area contributed by atoms with Gasteiger partial charge in [-0.1, -0.05) is 109 Å². The number of aliphatic hydroxyl groups is 1. The third-order valence-corrected chi connectivity index (χ3v) is 9.10. The lowest BCUT2D eigenvalue weighted by Crippen LogP contribution is -2.28. The van der Waals surface area contributed by atoms with Crippen molar-refractivity contribution >= 4 is 0 Å². The Bertz CT molecular complexity index is 1930. The molecule has 7 rings (SSSR count). The van der Waals surface area contributed by atoms with E-state index in [1.165, 1.54) is 40.5 Å². The van der Waals surface area contributed by atoms with Crippen LogP contribution in [0.3, 0.4) is 0 Å². The van der Waals surface area contributed by atoms with Crippen molar-refractivity contribution in [3.63, 3.8) is 0 Å². The van der Waals surface area contributed by atoms with Gasteiger partial charge in [0.25, 0.3) is 0 Å². The van der Waals surface area contributed by atoms with Crippen LogP contribution in [0.1, 0.15) is 33.4 Å². The van der Waals surface area contributed by atoms with Crippen molar-refractivity contribution in [3.05, 3.63) is 173 Å². The molecule has 0 saturated carbocycles. The molecule has 0 bridgehead atoms. The van der Waals surface area contributed by atoms with E-state index in [0.29, 0.717) is 17.9 Å². The summed E-state index contributed by atoms with van der Waals surface area (Å²) in [6, 6.07) is 48.7. The average Bonchev–Trinajstić information content (AvgIpc) is 3.41. The fourth-order valence-electron chi connectivity index (χ4n) is 6.80. The van der Waals surface area contributed by atoms with Crippen molar-refractivity contribution in [2.24, 2.45) is 0 Å². The molecule has 1 N–H and O–H groups in total. The lowest BCUT2D eigenvalue weighted by atomic mass is 9.68. The summed E-state index contributed by atoms with van der Waals surface area (Å²) < 4.78 is 17.2. The molecule has 4 nitrogen and oxygen atoms in total. The monoisotopic (exact) mass is 604 g/mol. The van der Waals surface area contributed by atoms with Crippen LogP contribution < -0.4 is 9.47 Å². The van der Waals surface area contributed by atoms with Gasteiger partial charge in [0.1, 0.15) is 17.2 Å². The number of benzene rings is 6. The summed E-state index contributed by atoms with van der Waals surface area (Å²) in [7, 11) is 3.20. The van der Waals surface area contributed by atoms with Gasteiger partial charge in [-0.25, -0.2) is 0 Å². The number of aryl methyl sites for hydroxylation is 1. The van der Waals surface area contributed by atoms with E-state index in [1.54, 1.807) is 7.11 Å². The first kappa shape index (κ1) is 29.5. The van der Waals surface area contributed by atoms with E-state index in [2.05, 4.69) is 116 Å². The molecule has 46 heavy (non-hydrogen) atoms. The molecule has 1 aliphatic carbocycles. The lowest BCUT2D eigenvalue weighted by Gasteiger charge is -2.34. The molecular formula is C42H36O4. The molecule has 1 aliphatic rings. The first-order valence-corrected chi connectivity index (χ1v) is 15.5. The summed E-state index contributed by atoms with van der Waals surface area (Å²) in [5.41, 5.74) is 11.0. The predicted octanol–water partition coefficient (Wildman–Crippen LogP) is 9.33. The largest absolute Gasteiger partial charge is 0.497 e. The van der Waals surface area contributed by atoms with Crippen LogP contribution in [0, 0.1) is 6.92 Å². The Morgan fingerprint density at radius 1 is 0.609 bits per heavy atom. The molecule has 0 aromatic heterocycles. The van der Waals surface area contributed by atoms with Gasteiger partial charge in [-0.05, 0) is 87.8 Å². The van der Waals surface area contributed by atoms with Gasteiger partial charge in [0.15, 0.2) is 6.29 Å². The second-order valence-electron chi connectivity index (χ2n) is 11.8. The van der Waals surface area contributed by atoms with Gasteiger partial charge in [-0.2, -0.15) is 0 Å². The standard InChI is InChI=1S/C42H36O4/c1-28-12-14-29(15-13-28)30-16-25-40(31(26-30)27-41(43)45-3)46-35-23-19-33(20-24-35)42(32-17-21-34(44-2)22-18-32)38-10-6-4-8-36(38)37-9-5-7-11-39(37)42/h4-26,41,43H,27H2,1-3H3. The summed E-state index contributed by atoms with van der Waals surface area (Å²) >= 11 is 0. The van der Waals surface area contributed by atoms with Crippen LogP contribution in [0.5, 0.6) is 17.2 Å². The second kappa shape index (κ2) is 12.3. The lowest BCUT2D eigenvalue weighted by molar-refractivity contribution is -0.0722. The Kier molecular flexibility index (Phi) is 7.91. The number of fused-ring (bicyclic) bond motifs is 3. The van der Waals surface area contributed by atoms with Gasteiger partial charge in [-0.15, -0.1) is 0 Å². The molecule has 1 atom stereocenters. The maximum Gasteiger partial charge on any atom is 0.158 e. The van der Waals surface area contributed by atoms with Crippen molar-refractivity contribution in [1.29, 1.82) is 0 Å². The number of aliphatic hydroxyl groups excluding tert-OH is 1. The summed E-state index contributed by atoms with van der Waals surface area (Å²) in [5.74, 6) is 2.22. The maximum atomic E-state index is 10.4. The van der Waals surface area contributed by atoms with Crippen LogP contribution in [0.15, 0.2) is 140 Å². The third kappa shape index (κ3) is 5.16. The third-order valence-electron chi connectivity index (χ3n) is 9.10. The highest BCUT2D eigenvalue weighted by Gasteiger charge is 2.45. The molecule has 1 unspecified atom stereocenters. The zero-order valence-electron chi connectivity index (χ0n) is 26.2. The number of ether oxygens (including phenoxy) is 3. The van der Waals surface area contributed by atoms with E-state index < -0.39 is 11.7 Å². The molecule has 6 aromatic carbocycles. The van der Waals surface area contributed by atoms with E-state index >= 15 is 0 Å². The summed E-state index contributed by atoms with van der Waals surface area (Å²) in [5, 5.41) is 10.4. The van der Waals surface area contributed by atoms with Crippen LogP contribution >= 0.6 is 0 Å². The van der Waals surface area contributed by atoms with E-state index in [0.717, 1.165) is 28.0 Å². The molecule has 6 aromatic rings. The minimum atomic E-state index is -0.940. The molecule has 0 heterocycles. The van der Waals surface area contributed by atoms with E-state index in [1.807, 2.05) is 30.3 Å². The smallest absolute Gasteiger partial charge is 0.158 e. The fraction of sp³-hybridized carbons (Fsp3) is 0.143. The molecule has 4 heteroatoms. The topological polar surface area (TPSA) is 47.9 Å². The first-order chi connectivity index (χ1) is 22.5. The number of hydrogen-bond donors (Lipinski definition) is 1. The number of hydrogen-bond acceptors (Lipinski definition) is 4. The maximum absolute atomic E-state index is 10.4. The minimum absolute atomic E-state index is 0.303. The van der Waals surface area contributed by atoms with Crippen molar-refractivity contribution in [3.8, 4) is 39.5 Å². The molecule has 228 valence electrons. The molecule has 0 fully saturated rings. The number of rotatable bonds is 9. The van der Waals surface area contributed by atoms with Crippen molar-refractivity contribution in [2.75, 3.05) is 14.2 Å². The van der Waals surface area contributed by atoms with Gasteiger partial charge in [0.05, 0.1) is 12.5 Å². The van der Waals surface area contributed by atoms with Crippen LogP contribution in [0.25, 0.3) is 22.3 Å². The average molecular weight is 605 g/mol. The van der Waals surface area contributed by atoms with Crippen LogP contribution in [-0.4, -0.2) is 25.6 Å². The van der Waals surface area contributed by atoms with E-state index in [-0.39, 0.29) is 0 Å². The first-order valence-electron chi connectivity index (χ1n) is 15.5. The molecule has 0 radical (unpaired) electrons. The summed E-state index contributed by atoms with van der Waals surface area (Å²) in [6.45, 7) is 2.08. The normalized spacial score (nSPS) is 13.5. The highest BCUT2D eigenvalue weighted by Crippen LogP contribution is 2.56. The van der Waals surface area contributed by atoms with Crippen LogP contribution in [0.4, 0.5) is 0 Å². The highest BCUT2D eigenvalue weighted by atomic mass is 16.6. The van der Waals surface area contributed by atoms with Gasteiger partial charge in [-0.3, -0.25) is 0 Å². The predicted molar refractivity (Wildman–Crippen MR) is 184 cm³/mol. The van der Waals surface area contributed by atoms with Gasteiger partial charge in [0, 0.05) is 19.1 Å². The Hall–Kier alpha value is -5.16. The minimum Gasteiger partial charge on any atom is -0.497 e. The molecule has 0 aliphatic heterocycles. The molecule has 0 saturated heterocycles. The number of methoxy groups -OCH3 is 2. The van der Waals surface area contributed by atoms with Crippen LogP contribution in [0.2, 0.25) is 0 Å². The Labute approximate surface area is 270 Å². The molecular weight excluding hydrogens is 568 g/mol. The second-order valence-corrected chi connectivity index (χ2v) is 11.8. The SMILES string of the molecule is COc1ccc(C2(c3ccc(Oc4ccc(-c5ccc(C)cc5)cc4CC(O)OC)cc3)c3ccccc3-c3ccccc32)cc1. The Morgan fingerprint density at radius 2 is 1.15 bits per heavy atom. The van der Waals surface area contributed by atoms with E-state index in [4.69, 9.17) is 14.2 Å². The highest BCUT2D eigenvalue weighted by molar-refractivity contribution is 5.86. The summed E-state index contributed by atoms with van der Waals surface area (Å²) in [4.78, 5) is 0. The fourth-order valence-corrected chi connectivity index (χ4v) is 6.80. The zero-order valence-corrected chi connectivity index (χ0v) is 26.2. The molecule has 0 amide bonds. The van der Waals surface area contributed by atoms with Gasteiger partial charge >= 0.3 is 0 Å². The van der Waals surface area contributed by atoms with E-state index in [9.17, 15) is 5.11 Å². The van der Waals surface area contributed by atoms with Crippen molar-refractivity contribution in [1.82, 2.24) is 0 Å².